The van der Waals surface area contributed by atoms with Gasteiger partial charge in [0.15, 0.2) is 0 Å². The maximum Gasteiger partial charge on any atom is 0.0734 e. The predicted molar refractivity (Wildman–Crippen MR) is 273 cm³/mol. The van der Waals surface area contributed by atoms with Crippen molar-refractivity contribution in [3.8, 4) is 27.9 Å². The molecule has 1 aliphatic carbocycles. The number of rotatable bonds is 7. The number of fused-ring (bicyclic) bond motifs is 8. The van der Waals surface area contributed by atoms with Crippen LogP contribution in [0.5, 0.6) is 0 Å². The Morgan fingerprint density at radius 1 is 0.338 bits per heavy atom. The average Bonchev–Trinajstić information content (AvgIpc) is 3.88. The Bertz CT molecular complexity index is 3740. The average molecular weight is 827 g/mol. The molecule has 304 valence electrons. The van der Waals surface area contributed by atoms with Crippen molar-refractivity contribution in [2.24, 2.45) is 0 Å². The second-order valence-electron chi connectivity index (χ2n) is 17.2. The van der Waals surface area contributed by atoms with Crippen LogP contribution in [0.2, 0.25) is 0 Å². The molecule has 1 aliphatic rings. The van der Waals surface area contributed by atoms with E-state index in [9.17, 15) is 0 Å². The van der Waals surface area contributed by atoms with Crippen LogP contribution >= 0.6 is 0 Å². The predicted octanol–water partition coefficient (Wildman–Crippen LogP) is 16.6. The summed E-state index contributed by atoms with van der Waals surface area (Å²) in [6, 6.07) is 94.0. The summed E-state index contributed by atoms with van der Waals surface area (Å²) < 4.78 is 2.54. The maximum absolute atomic E-state index is 2.54. The Kier molecular flexibility index (Phi) is 8.47. The van der Waals surface area contributed by atoms with Crippen LogP contribution in [0.15, 0.2) is 255 Å². The Labute approximate surface area is 378 Å². The van der Waals surface area contributed by atoms with E-state index in [1.807, 2.05) is 0 Å². The highest BCUT2D eigenvalue weighted by Crippen LogP contribution is 2.58. The lowest BCUT2D eigenvalue weighted by molar-refractivity contribution is 0.762. The van der Waals surface area contributed by atoms with Gasteiger partial charge in [0.2, 0.25) is 0 Å². The molecule has 0 saturated heterocycles. The van der Waals surface area contributed by atoms with Crippen molar-refractivity contribution in [1.82, 2.24) is 4.57 Å². The van der Waals surface area contributed by atoms with E-state index in [0.717, 1.165) is 28.2 Å². The molecule has 2 heteroatoms. The van der Waals surface area contributed by atoms with E-state index in [0.29, 0.717) is 0 Å². The van der Waals surface area contributed by atoms with E-state index in [1.54, 1.807) is 0 Å². The third kappa shape index (κ3) is 5.67. The number of anilines is 3. The van der Waals surface area contributed by atoms with E-state index in [-0.39, 0.29) is 0 Å². The number of aromatic nitrogens is 1. The van der Waals surface area contributed by atoms with Crippen molar-refractivity contribution in [1.29, 1.82) is 0 Å². The molecule has 0 bridgehead atoms. The first kappa shape index (κ1) is 37.1. The SMILES string of the molecule is c1ccc(C2(c3ccccc3)c3ccccc3-c3cccc(-n4c5ccccc5c5ccc(-c6cccc(N(c7ccc8ccccc8c7)c7cccc8ccccc78)c6)cc54)c32)cc1. The molecule has 11 aromatic carbocycles. The van der Waals surface area contributed by atoms with Crippen LogP contribution < -0.4 is 4.90 Å². The molecule has 2 nitrogen and oxygen atoms in total. The lowest BCUT2D eigenvalue weighted by Crippen LogP contribution is -2.29. The summed E-state index contributed by atoms with van der Waals surface area (Å²) in [7, 11) is 0. The van der Waals surface area contributed by atoms with Crippen molar-refractivity contribution in [3.05, 3.63) is 277 Å². The summed E-state index contributed by atoms with van der Waals surface area (Å²) in [5.41, 5.74) is 16.3. The first-order valence-corrected chi connectivity index (χ1v) is 22.5. The lowest BCUT2D eigenvalue weighted by atomic mass is 9.67. The molecule has 65 heavy (non-hydrogen) atoms. The zero-order valence-electron chi connectivity index (χ0n) is 35.6. The van der Waals surface area contributed by atoms with Crippen LogP contribution in [0, 0.1) is 0 Å². The zero-order valence-corrected chi connectivity index (χ0v) is 35.6. The third-order valence-electron chi connectivity index (χ3n) is 13.8. The molecule has 0 saturated carbocycles. The Morgan fingerprint density at radius 2 is 0.938 bits per heavy atom. The summed E-state index contributed by atoms with van der Waals surface area (Å²) in [6.45, 7) is 0. The van der Waals surface area contributed by atoms with Gasteiger partial charge in [0.1, 0.15) is 0 Å². The molecule has 1 heterocycles. The monoisotopic (exact) mass is 826 g/mol. The molecule has 0 radical (unpaired) electrons. The molecule has 0 amide bonds. The zero-order chi connectivity index (χ0) is 42.9. The van der Waals surface area contributed by atoms with Gasteiger partial charge in [-0.2, -0.15) is 0 Å². The van der Waals surface area contributed by atoms with Gasteiger partial charge in [0.25, 0.3) is 0 Å². The molecule has 0 unspecified atom stereocenters. The molecule has 1 aromatic heterocycles. The third-order valence-corrected chi connectivity index (χ3v) is 13.8. The highest BCUT2D eigenvalue weighted by atomic mass is 15.1. The molecule has 13 rings (SSSR count). The standard InChI is InChI=1S/C63H42N2/c1-3-23-48(24-4-1)63(49-25-5-2-6-26-49)57-32-13-11-29-53(57)56-31-17-35-60(62(56)63)65-59-33-14-12-30-54(59)55-39-37-47(42-61(55)65)46-22-15-27-50(41-46)64(51-38-36-43-18-7-8-20-45(43)40-51)58-34-16-21-44-19-9-10-28-52(44)58/h1-42H. The summed E-state index contributed by atoms with van der Waals surface area (Å²) in [5.74, 6) is 0. The van der Waals surface area contributed by atoms with Crippen LogP contribution in [0.1, 0.15) is 22.3 Å². The fourth-order valence-corrected chi connectivity index (χ4v) is 11.0. The summed E-state index contributed by atoms with van der Waals surface area (Å²) >= 11 is 0. The number of hydrogen-bond acceptors (Lipinski definition) is 1. The molecule has 0 N–H and O–H groups in total. The van der Waals surface area contributed by atoms with E-state index in [1.165, 1.54) is 82.4 Å². The minimum Gasteiger partial charge on any atom is -0.310 e. The quantitative estimate of drug-likeness (QED) is 0.155. The highest BCUT2D eigenvalue weighted by molar-refractivity contribution is 6.11. The van der Waals surface area contributed by atoms with E-state index < -0.39 is 5.41 Å². The van der Waals surface area contributed by atoms with Crippen LogP contribution in [0.3, 0.4) is 0 Å². The van der Waals surface area contributed by atoms with Gasteiger partial charge in [-0.25, -0.2) is 0 Å². The van der Waals surface area contributed by atoms with Crippen LogP contribution in [0.25, 0.3) is 71.3 Å². The largest absolute Gasteiger partial charge is 0.310 e. The van der Waals surface area contributed by atoms with Crippen LogP contribution in [-0.2, 0) is 5.41 Å². The maximum atomic E-state index is 2.54. The minimum absolute atomic E-state index is 0.553. The first-order valence-electron chi connectivity index (χ1n) is 22.5. The second kappa shape index (κ2) is 14.8. The van der Waals surface area contributed by atoms with Gasteiger partial charge in [0, 0.05) is 33.1 Å². The van der Waals surface area contributed by atoms with Crippen LogP contribution in [-0.4, -0.2) is 4.57 Å². The number of benzene rings is 11. The first-order chi connectivity index (χ1) is 32.3. The fourth-order valence-electron chi connectivity index (χ4n) is 11.0. The van der Waals surface area contributed by atoms with Gasteiger partial charge < -0.3 is 9.47 Å². The molecular formula is C63H42N2. The second-order valence-corrected chi connectivity index (χ2v) is 17.2. The molecular weight excluding hydrogens is 785 g/mol. The van der Waals surface area contributed by atoms with Crippen molar-refractivity contribution in [2.75, 3.05) is 4.90 Å². The molecule has 0 atom stereocenters. The van der Waals surface area contributed by atoms with Gasteiger partial charge in [-0.05, 0) is 104 Å². The van der Waals surface area contributed by atoms with Crippen molar-refractivity contribution in [3.63, 3.8) is 0 Å². The van der Waals surface area contributed by atoms with Gasteiger partial charge in [-0.15, -0.1) is 0 Å². The number of hydrogen-bond donors (Lipinski definition) is 0. The van der Waals surface area contributed by atoms with Crippen molar-refractivity contribution < 1.29 is 0 Å². The molecule has 0 fully saturated rings. The van der Waals surface area contributed by atoms with Gasteiger partial charge in [-0.3, -0.25) is 0 Å². The topological polar surface area (TPSA) is 8.17 Å². The smallest absolute Gasteiger partial charge is 0.0734 e. The molecule has 12 aromatic rings. The fraction of sp³-hybridized carbons (Fsp3) is 0.0159. The normalized spacial score (nSPS) is 12.7. The van der Waals surface area contributed by atoms with Crippen molar-refractivity contribution >= 4 is 60.4 Å². The van der Waals surface area contributed by atoms with Gasteiger partial charge >= 0.3 is 0 Å². The van der Waals surface area contributed by atoms with Gasteiger partial charge in [-0.1, -0.05) is 206 Å². The minimum atomic E-state index is -0.553. The van der Waals surface area contributed by atoms with E-state index in [4.69, 9.17) is 0 Å². The summed E-state index contributed by atoms with van der Waals surface area (Å²) in [5, 5.41) is 7.32. The summed E-state index contributed by atoms with van der Waals surface area (Å²) in [4.78, 5) is 2.42. The Balaban J connectivity index is 1.05. The van der Waals surface area contributed by atoms with E-state index >= 15 is 0 Å². The number of para-hydroxylation sites is 1. The molecule has 0 spiro atoms. The highest BCUT2D eigenvalue weighted by Gasteiger charge is 2.48. The lowest BCUT2D eigenvalue weighted by Gasteiger charge is -2.35. The van der Waals surface area contributed by atoms with Crippen LogP contribution in [0.4, 0.5) is 17.1 Å². The Hall–Kier alpha value is -8.46. The van der Waals surface area contributed by atoms with Gasteiger partial charge in [0.05, 0.1) is 27.8 Å². The van der Waals surface area contributed by atoms with E-state index in [2.05, 4.69) is 264 Å². The summed E-state index contributed by atoms with van der Waals surface area (Å²) in [6.07, 6.45) is 0. The Morgan fingerprint density at radius 3 is 1.77 bits per heavy atom. The number of nitrogens with zero attached hydrogens (tertiary/aromatic N) is 2. The molecule has 0 aliphatic heterocycles. The van der Waals surface area contributed by atoms with Crippen molar-refractivity contribution in [2.45, 2.75) is 5.41 Å².